The highest BCUT2D eigenvalue weighted by molar-refractivity contribution is 6.04. The summed E-state index contributed by atoms with van der Waals surface area (Å²) in [4.78, 5) is 16.2. The molecule has 0 atom stereocenters. The van der Waals surface area contributed by atoms with Crippen molar-refractivity contribution in [1.82, 2.24) is 5.32 Å². The number of nitrogens with zero attached hydrogens (tertiary/aromatic N) is 1. The van der Waals surface area contributed by atoms with Gasteiger partial charge in [-0.05, 0) is 29.8 Å². The molecule has 0 spiro atoms. The molecule has 0 aliphatic carbocycles. The SMILES string of the molecule is COC(=NCc1ccc2c(c1)OCO2)NC(=O)c1ccccc1F. The second-order valence-electron chi connectivity index (χ2n) is 4.95. The molecule has 124 valence electrons. The summed E-state index contributed by atoms with van der Waals surface area (Å²) in [7, 11) is 1.38. The van der Waals surface area contributed by atoms with Crippen LogP contribution in [0.5, 0.6) is 11.5 Å². The molecule has 3 rings (SSSR count). The van der Waals surface area contributed by atoms with Gasteiger partial charge in [0.15, 0.2) is 11.5 Å². The molecular weight excluding hydrogens is 315 g/mol. The number of benzene rings is 2. The van der Waals surface area contributed by atoms with Gasteiger partial charge in [0.1, 0.15) is 5.82 Å². The third-order valence-electron chi connectivity index (χ3n) is 3.37. The Labute approximate surface area is 137 Å². The van der Waals surface area contributed by atoms with E-state index >= 15 is 0 Å². The molecule has 0 saturated carbocycles. The van der Waals surface area contributed by atoms with Gasteiger partial charge < -0.3 is 14.2 Å². The first kappa shape index (κ1) is 15.8. The Balaban J connectivity index is 1.68. The van der Waals surface area contributed by atoms with Crippen LogP contribution in [0, 0.1) is 5.82 Å². The number of hydrogen-bond acceptors (Lipinski definition) is 5. The summed E-state index contributed by atoms with van der Waals surface area (Å²) in [6.45, 7) is 0.460. The minimum Gasteiger partial charge on any atom is -0.468 e. The van der Waals surface area contributed by atoms with Gasteiger partial charge in [0.05, 0.1) is 19.2 Å². The van der Waals surface area contributed by atoms with Crippen molar-refractivity contribution >= 4 is 11.9 Å². The lowest BCUT2D eigenvalue weighted by atomic mass is 10.2. The first-order chi connectivity index (χ1) is 11.7. The van der Waals surface area contributed by atoms with Crippen LogP contribution in [0.25, 0.3) is 0 Å². The highest BCUT2D eigenvalue weighted by Gasteiger charge is 2.15. The molecule has 0 unspecified atom stereocenters. The second-order valence-corrected chi connectivity index (χ2v) is 4.95. The van der Waals surface area contributed by atoms with Gasteiger partial charge in [-0.3, -0.25) is 10.1 Å². The van der Waals surface area contributed by atoms with E-state index in [1.165, 1.54) is 25.3 Å². The fourth-order valence-corrected chi connectivity index (χ4v) is 2.17. The van der Waals surface area contributed by atoms with Crippen LogP contribution in [0.15, 0.2) is 47.5 Å². The number of nitrogens with one attached hydrogen (secondary N) is 1. The van der Waals surface area contributed by atoms with E-state index in [1.807, 2.05) is 6.07 Å². The highest BCUT2D eigenvalue weighted by Crippen LogP contribution is 2.32. The first-order valence-corrected chi connectivity index (χ1v) is 7.20. The number of rotatable bonds is 3. The Kier molecular flexibility index (Phi) is 4.60. The summed E-state index contributed by atoms with van der Waals surface area (Å²) in [6, 6.07) is 11.1. The van der Waals surface area contributed by atoms with Gasteiger partial charge in [-0.1, -0.05) is 18.2 Å². The number of methoxy groups -OCH3 is 1. The van der Waals surface area contributed by atoms with Gasteiger partial charge in [0.2, 0.25) is 6.79 Å². The standard InChI is InChI=1S/C17H15FN2O4/c1-22-17(20-16(21)12-4-2-3-5-13(12)18)19-9-11-6-7-14-15(8-11)24-10-23-14/h2-8H,9-10H2,1H3,(H,19,20,21). The Bertz CT molecular complexity index is 792. The van der Waals surface area contributed by atoms with Crippen LogP contribution in [0.3, 0.4) is 0 Å². The zero-order valence-electron chi connectivity index (χ0n) is 12.9. The topological polar surface area (TPSA) is 69.2 Å². The van der Waals surface area contributed by atoms with Crippen molar-refractivity contribution in [2.24, 2.45) is 4.99 Å². The van der Waals surface area contributed by atoms with E-state index in [2.05, 4.69) is 10.3 Å². The fraction of sp³-hybridized carbons (Fsp3) is 0.176. The van der Waals surface area contributed by atoms with Crippen LogP contribution in [-0.2, 0) is 11.3 Å². The normalized spacial score (nSPS) is 12.8. The summed E-state index contributed by atoms with van der Waals surface area (Å²) in [6.07, 6.45) is 0. The number of amidine groups is 1. The monoisotopic (exact) mass is 330 g/mol. The van der Waals surface area contributed by atoms with E-state index in [0.29, 0.717) is 11.5 Å². The van der Waals surface area contributed by atoms with Gasteiger partial charge >= 0.3 is 0 Å². The number of halogens is 1. The Morgan fingerprint density at radius 3 is 2.83 bits per heavy atom. The van der Waals surface area contributed by atoms with Gasteiger partial charge in [0, 0.05) is 0 Å². The number of carbonyl (C=O) groups excluding carboxylic acids is 1. The third kappa shape index (κ3) is 3.45. The molecule has 0 saturated heterocycles. The summed E-state index contributed by atoms with van der Waals surface area (Å²) in [5, 5.41) is 2.44. The van der Waals surface area contributed by atoms with Gasteiger partial charge in [-0.15, -0.1) is 0 Å². The number of carbonyl (C=O) groups is 1. The molecule has 1 amide bonds. The lowest BCUT2D eigenvalue weighted by Gasteiger charge is -2.08. The minimum absolute atomic E-state index is 0.000852. The molecule has 2 aromatic rings. The average Bonchev–Trinajstić information content (AvgIpc) is 3.06. The number of ether oxygens (including phenoxy) is 3. The van der Waals surface area contributed by atoms with Gasteiger partial charge in [-0.2, -0.15) is 0 Å². The first-order valence-electron chi connectivity index (χ1n) is 7.20. The van der Waals surface area contributed by atoms with E-state index < -0.39 is 11.7 Å². The van der Waals surface area contributed by atoms with E-state index in [0.717, 1.165) is 5.56 Å². The summed E-state index contributed by atoms with van der Waals surface area (Å²) < 4.78 is 29.2. The Morgan fingerprint density at radius 1 is 1.25 bits per heavy atom. The number of hydrogen-bond donors (Lipinski definition) is 1. The summed E-state index contributed by atoms with van der Waals surface area (Å²) >= 11 is 0. The maximum absolute atomic E-state index is 13.6. The van der Waals surface area contributed by atoms with E-state index in [9.17, 15) is 9.18 Å². The van der Waals surface area contributed by atoms with Crippen LogP contribution >= 0.6 is 0 Å². The molecule has 7 heteroatoms. The van der Waals surface area contributed by atoms with Gasteiger partial charge in [0.25, 0.3) is 11.9 Å². The Hall–Kier alpha value is -3.09. The van der Waals surface area contributed by atoms with E-state index in [-0.39, 0.29) is 24.9 Å². The number of amides is 1. The molecule has 2 aromatic carbocycles. The predicted molar refractivity (Wildman–Crippen MR) is 84.6 cm³/mol. The average molecular weight is 330 g/mol. The largest absolute Gasteiger partial charge is 0.468 e. The molecular formula is C17H15FN2O4. The van der Waals surface area contributed by atoms with Crippen molar-refractivity contribution in [2.75, 3.05) is 13.9 Å². The smallest absolute Gasteiger partial charge is 0.291 e. The molecule has 24 heavy (non-hydrogen) atoms. The molecule has 0 aromatic heterocycles. The van der Waals surface area contributed by atoms with Gasteiger partial charge in [-0.25, -0.2) is 9.38 Å². The molecule has 0 fully saturated rings. The number of aliphatic imine (C=N–C) groups is 1. The Morgan fingerprint density at radius 2 is 2.04 bits per heavy atom. The highest BCUT2D eigenvalue weighted by atomic mass is 19.1. The van der Waals surface area contributed by atoms with Crippen LogP contribution in [0.2, 0.25) is 0 Å². The van der Waals surface area contributed by atoms with Crippen molar-refractivity contribution in [3.05, 3.63) is 59.4 Å². The molecule has 0 bridgehead atoms. The van der Waals surface area contributed by atoms with Crippen molar-refractivity contribution < 1.29 is 23.4 Å². The van der Waals surface area contributed by atoms with Crippen LogP contribution in [0.4, 0.5) is 4.39 Å². The van der Waals surface area contributed by atoms with Crippen LogP contribution in [0.1, 0.15) is 15.9 Å². The van der Waals surface area contributed by atoms with E-state index in [4.69, 9.17) is 14.2 Å². The predicted octanol–water partition coefficient (Wildman–Crippen LogP) is 2.49. The number of fused-ring (bicyclic) bond motifs is 1. The molecule has 1 heterocycles. The van der Waals surface area contributed by atoms with Crippen molar-refractivity contribution in [3.63, 3.8) is 0 Å². The summed E-state index contributed by atoms with van der Waals surface area (Å²) in [5.41, 5.74) is 0.777. The lowest BCUT2D eigenvalue weighted by molar-refractivity contribution is 0.0964. The van der Waals surface area contributed by atoms with Crippen molar-refractivity contribution in [3.8, 4) is 11.5 Å². The molecule has 1 aliphatic heterocycles. The van der Waals surface area contributed by atoms with Crippen molar-refractivity contribution in [2.45, 2.75) is 6.54 Å². The third-order valence-corrected chi connectivity index (χ3v) is 3.37. The molecule has 1 aliphatic rings. The van der Waals surface area contributed by atoms with Crippen LogP contribution in [-0.4, -0.2) is 25.8 Å². The maximum Gasteiger partial charge on any atom is 0.291 e. The van der Waals surface area contributed by atoms with Crippen molar-refractivity contribution in [1.29, 1.82) is 0 Å². The minimum atomic E-state index is -0.626. The lowest BCUT2D eigenvalue weighted by Crippen LogP contribution is -2.32. The molecule has 0 radical (unpaired) electrons. The fourth-order valence-electron chi connectivity index (χ4n) is 2.17. The molecule has 1 N–H and O–H groups in total. The zero-order chi connectivity index (χ0) is 16.9. The second kappa shape index (κ2) is 6.99. The zero-order valence-corrected chi connectivity index (χ0v) is 12.9. The maximum atomic E-state index is 13.6. The summed E-state index contributed by atoms with van der Waals surface area (Å²) in [5.74, 6) is 0.0974. The van der Waals surface area contributed by atoms with E-state index in [1.54, 1.807) is 18.2 Å². The van der Waals surface area contributed by atoms with Crippen LogP contribution < -0.4 is 14.8 Å². The quantitative estimate of drug-likeness (QED) is 0.693. The molecule has 6 nitrogen and oxygen atoms in total.